The number of imidazole rings is 1. The molecule has 0 spiro atoms. The standard InChI is InChI=1S/C23H24ClN3O2S/c1-16(2)12-22(28)26(13-20-4-3-11-29-20)10-9-19-15-30-23-25-21(14-27(19)23)17-5-7-18(24)8-6-17/h3-8,11,14-16H,9-10,12-13H2,1-2H3. The average molecular weight is 442 g/mol. The van der Waals surface area contributed by atoms with E-state index in [-0.39, 0.29) is 5.91 Å². The topological polar surface area (TPSA) is 50.8 Å². The number of benzene rings is 1. The molecule has 0 atom stereocenters. The molecule has 0 bridgehead atoms. The molecule has 0 fully saturated rings. The molecular formula is C23H24ClN3O2S. The molecule has 0 N–H and O–H groups in total. The number of carbonyl (C=O) groups is 1. The maximum atomic E-state index is 12.8. The molecular weight excluding hydrogens is 418 g/mol. The number of furan rings is 1. The van der Waals surface area contributed by atoms with Gasteiger partial charge in [-0.3, -0.25) is 9.20 Å². The summed E-state index contributed by atoms with van der Waals surface area (Å²) < 4.78 is 7.59. The Morgan fingerprint density at radius 3 is 2.77 bits per heavy atom. The predicted octanol–water partition coefficient (Wildman–Crippen LogP) is 5.93. The van der Waals surface area contributed by atoms with Crippen LogP contribution in [0.1, 0.15) is 31.7 Å². The van der Waals surface area contributed by atoms with Crippen LogP contribution in [0.5, 0.6) is 0 Å². The van der Waals surface area contributed by atoms with Crippen LogP contribution in [0.15, 0.2) is 58.7 Å². The molecule has 5 nitrogen and oxygen atoms in total. The first-order valence-electron chi connectivity index (χ1n) is 10.0. The fourth-order valence-electron chi connectivity index (χ4n) is 3.38. The average Bonchev–Trinajstić information content (AvgIpc) is 3.43. The van der Waals surface area contributed by atoms with Crippen molar-refractivity contribution in [3.8, 4) is 11.3 Å². The van der Waals surface area contributed by atoms with Gasteiger partial charge in [0.1, 0.15) is 5.76 Å². The summed E-state index contributed by atoms with van der Waals surface area (Å²) in [6.07, 6.45) is 4.98. The Morgan fingerprint density at radius 1 is 1.27 bits per heavy atom. The molecule has 30 heavy (non-hydrogen) atoms. The Kier molecular flexibility index (Phi) is 6.25. The first kappa shape index (κ1) is 20.7. The van der Waals surface area contributed by atoms with Crippen LogP contribution in [-0.4, -0.2) is 26.7 Å². The number of hydrogen-bond acceptors (Lipinski definition) is 4. The van der Waals surface area contributed by atoms with Crippen LogP contribution in [-0.2, 0) is 17.8 Å². The number of thiazole rings is 1. The molecule has 0 saturated carbocycles. The van der Waals surface area contributed by atoms with Gasteiger partial charge in [0.05, 0.1) is 18.5 Å². The largest absolute Gasteiger partial charge is 0.467 e. The third-order valence-electron chi connectivity index (χ3n) is 4.92. The molecule has 0 radical (unpaired) electrons. The summed E-state index contributed by atoms with van der Waals surface area (Å²) in [6, 6.07) is 11.5. The second kappa shape index (κ2) is 9.06. The zero-order chi connectivity index (χ0) is 21.1. The van der Waals surface area contributed by atoms with Crippen LogP contribution in [0.3, 0.4) is 0 Å². The van der Waals surface area contributed by atoms with Gasteiger partial charge in [0.2, 0.25) is 5.91 Å². The zero-order valence-electron chi connectivity index (χ0n) is 17.0. The minimum Gasteiger partial charge on any atom is -0.467 e. The quantitative estimate of drug-likeness (QED) is 0.340. The van der Waals surface area contributed by atoms with Gasteiger partial charge in [0.15, 0.2) is 4.96 Å². The molecule has 156 valence electrons. The van der Waals surface area contributed by atoms with Crippen LogP contribution in [0.4, 0.5) is 0 Å². The lowest BCUT2D eigenvalue weighted by atomic mass is 10.1. The fraction of sp³-hybridized carbons (Fsp3) is 0.304. The maximum Gasteiger partial charge on any atom is 0.223 e. The predicted molar refractivity (Wildman–Crippen MR) is 121 cm³/mol. The summed E-state index contributed by atoms with van der Waals surface area (Å²) in [7, 11) is 0. The van der Waals surface area contributed by atoms with Gasteiger partial charge in [-0.15, -0.1) is 11.3 Å². The number of nitrogens with zero attached hydrogens (tertiary/aromatic N) is 3. The van der Waals surface area contributed by atoms with E-state index in [9.17, 15) is 4.79 Å². The van der Waals surface area contributed by atoms with Gasteiger partial charge in [-0.05, 0) is 30.2 Å². The van der Waals surface area contributed by atoms with Crippen molar-refractivity contribution in [2.45, 2.75) is 33.2 Å². The van der Waals surface area contributed by atoms with E-state index in [1.807, 2.05) is 41.3 Å². The lowest BCUT2D eigenvalue weighted by Crippen LogP contribution is -2.33. The van der Waals surface area contributed by atoms with Crippen LogP contribution in [0.2, 0.25) is 5.02 Å². The van der Waals surface area contributed by atoms with Gasteiger partial charge in [0.25, 0.3) is 0 Å². The van der Waals surface area contributed by atoms with Crippen molar-refractivity contribution < 1.29 is 9.21 Å². The fourth-order valence-corrected chi connectivity index (χ4v) is 4.41. The first-order valence-corrected chi connectivity index (χ1v) is 11.3. The number of fused-ring (bicyclic) bond motifs is 1. The van der Waals surface area contributed by atoms with E-state index in [2.05, 4.69) is 29.8 Å². The molecule has 7 heteroatoms. The molecule has 0 saturated heterocycles. The van der Waals surface area contributed by atoms with Crippen molar-refractivity contribution in [3.63, 3.8) is 0 Å². The summed E-state index contributed by atoms with van der Waals surface area (Å²) in [5, 5.41) is 2.83. The number of hydrogen-bond donors (Lipinski definition) is 0. The minimum atomic E-state index is 0.153. The van der Waals surface area contributed by atoms with Crippen molar-refractivity contribution >= 4 is 33.8 Å². The van der Waals surface area contributed by atoms with Crippen molar-refractivity contribution in [3.05, 3.63) is 70.7 Å². The van der Waals surface area contributed by atoms with E-state index in [4.69, 9.17) is 21.0 Å². The lowest BCUT2D eigenvalue weighted by molar-refractivity contribution is -0.132. The Labute approximate surface area is 184 Å². The van der Waals surface area contributed by atoms with Gasteiger partial charge in [-0.1, -0.05) is 37.6 Å². The minimum absolute atomic E-state index is 0.153. The third kappa shape index (κ3) is 4.77. The van der Waals surface area contributed by atoms with E-state index in [1.54, 1.807) is 17.6 Å². The molecule has 4 aromatic rings. The summed E-state index contributed by atoms with van der Waals surface area (Å²) in [4.78, 5) is 20.3. The summed E-state index contributed by atoms with van der Waals surface area (Å²) in [5.41, 5.74) is 3.10. The number of rotatable bonds is 8. The van der Waals surface area contributed by atoms with Crippen LogP contribution < -0.4 is 0 Å². The van der Waals surface area contributed by atoms with Crippen LogP contribution >= 0.6 is 22.9 Å². The van der Waals surface area contributed by atoms with Crippen molar-refractivity contribution in [2.75, 3.05) is 6.54 Å². The highest BCUT2D eigenvalue weighted by atomic mass is 35.5. The van der Waals surface area contributed by atoms with Gasteiger partial charge < -0.3 is 9.32 Å². The Morgan fingerprint density at radius 2 is 2.07 bits per heavy atom. The van der Waals surface area contributed by atoms with Gasteiger partial charge in [-0.25, -0.2) is 4.98 Å². The zero-order valence-corrected chi connectivity index (χ0v) is 18.6. The Bertz CT molecular complexity index is 1110. The third-order valence-corrected chi connectivity index (χ3v) is 6.06. The highest BCUT2D eigenvalue weighted by Crippen LogP contribution is 2.25. The van der Waals surface area contributed by atoms with Crippen LogP contribution in [0.25, 0.3) is 16.2 Å². The smallest absolute Gasteiger partial charge is 0.223 e. The summed E-state index contributed by atoms with van der Waals surface area (Å²) in [5.74, 6) is 1.27. The normalized spacial score (nSPS) is 11.5. The number of carbonyl (C=O) groups excluding carboxylic acids is 1. The van der Waals surface area contributed by atoms with E-state index < -0.39 is 0 Å². The number of halogens is 1. The van der Waals surface area contributed by atoms with E-state index in [0.717, 1.165) is 34.1 Å². The van der Waals surface area contributed by atoms with Gasteiger partial charge >= 0.3 is 0 Å². The maximum absolute atomic E-state index is 12.8. The molecule has 0 unspecified atom stereocenters. The number of aromatic nitrogens is 2. The van der Waals surface area contributed by atoms with Gasteiger partial charge in [0, 0.05) is 47.2 Å². The SMILES string of the molecule is CC(C)CC(=O)N(CCc1csc2nc(-c3ccc(Cl)cc3)cn12)Cc1ccco1. The Balaban J connectivity index is 1.51. The van der Waals surface area contributed by atoms with Crippen molar-refractivity contribution in [1.82, 2.24) is 14.3 Å². The van der Waals surface area contributed by atoms with Gasteiger partial charge in [-0.2, -0.15) is 0 Å². The molecule has 0 aliphatic heterocycles. The van der Waals surface area contributed by atoms with Crippen molar-refractivity contribution in [2.24, 2.45) is 5.92 Å². The molecule has 0 aliphatic carbocycles. The first-order chi connectivity index (χ1) is 14.5. The lowest BCUT2D eigenvalue weighted by Gasteiger charge is -2.22. The highest BCUT2D eigenvalue weighted by molar-refractivity contribution is 7.15. The summed E-state index contributed by atoms with van der Waals surface area (Å²) >= 11 is 7.61. The van der Waals surface area contributed by atoms with Crippen LogP contribution in [0, 0.1) is 5.92 Å². The second-order valence-electron chi connectivity index (χ2n) is 7.76. The van der Waals surface area contributed by atoms with E-state index in [1.165, 1.54) is 0 Å². The highest BCUT2D eigenvalue weighted by Gasteiger charge is 2.18. The molecule has 0 aliphatic rings. The molecule has 1 aromatic carbocycles. The van der Waals surface area contributed by atoms with E-state index >= 15 is 0 Å². The number of amides is 1. The molecule has 3 heterocycles. The Hall–Kier alpha value is -2.57. The van der Waals surface area contributed by atoms with Crippen molar-refractivity contribution in [1.29, 1.82) is 0 Å². The monoisotopic (exact) mass is 441 g/mol. The molecule has 3 aromatic heterocycles. The second-order valence-corrected chi connectivity index (χ2v) is 9.03. The molecule has 4 rings (SSSR count). The van der Waals surface area contributed by atoms with E-state index in [0.29, 0.717) is 30.5 Å². The summed E-state index contributed by atoms with van der Waals surface area (Å²) in [6.45, 7) is 5.25. The molecule has 1 amide bonds.